The van der Waals surface area contributed by atoms with Gasteiger partial charge in [-0.1, -0.05) is 51.1 Å². The van der Waals surface area contributed by atoms with Crippen molar-refractivity contribution >= 4 is 17.7 Å². The molecule has 0 amide bonds. The van der Waals surface area contributed by atoms with Gasteiger partial charge in [0.15, 0.2) is 0 Å². The summed E-state index contributed by atoms with van der Waals surface area (Å²) in [5.74, 6) is 0.00437. The molecule has 130 valence electrons. The highest BCUT2D eigenvalue weighted by Gasteiger charge is 2.23. The van der Waals surface area contributed by atoms with Gasteiger partial charge in [-0.25, -0.2) is 4.79 Å². The van der Waals surface area contributed by atoms with E-state index >= 15 is 0 Å². The molecule has 2 aromatic rings. The zero-order valence-electron chi connectivity index (χ0n) is 15.2. The largest absolute Gasteiger partial charge is 0.465 e. The molecule has 0 bridgehead atoms. The predicted octanol–water partition coefficient (Wildman–Crippen LogP) is 4.74. The van der Waals surface area contributed by atoms with Crippen molar-refractivity contribution < 1.29 is 9.53 Å². The molecule has 1 aromatic heterocycles. The molecule has 0 aliphatic rings. The van der Waals surface area contributed by atoms with E-state index in [4.69, 9.17) is 4.74 Å². The molecule has 0 fully saturated rings. The Hall–Kier alpha value is -1.68. The number of hydrogen-bond donors (Lipinski definition) is 0. The van der Waals surface area contributed by atoms with Crippen molar-refractivity contribution in [3.8, 4) is 0 Å². The van der Waals surface area contributed by atoms with Gasteiger partial charge in [0, 0.05) is 23.2 Å². The average molecular weight is 346 g/mol. The normalized spacial score (nSPS) is 12.4. The molecular weight excluding hydrogens is 318 g/mol. The van der Waals surface area contributed by atoms with Crippen LogP contribution in [-0.2, 0) is 17.7 Å². The number of nitrogens with zero attached hydrogens (tertiary/aromatic N) is 1. The number of benzene rings is 1. The molecule has 0 aliphatic carbocycles. The van der Waals surface area contributed by atoms with E-state index in [1.807, 2.05) is 23.9 Å². The molecule has 0 radical (unpaired) electrons. The van der Waals surface area contributed by atoms with E-state index in [0.29, 0.717) is 10.8 Å². The van der Waals surface area contributed by atoms with Crippen molar-refractivity contribution in [2.75, 3.05) is 13.4 Å². The first-order valence-electron chi connectivity index (χ1n) is 8.35. The van der Waals surface area contributed by atoms with Crippen molar-refractivity contribution in [2.24, 2.45) is 0 Å². The number of hydrogen-bond acceptors (Lipinski definition) is 3. The van der Waals surface area contributed by atoms with Crippen LogP contribution in [0.25, 0.3) is 0 Å². The minimum Gasteiger partial charge on any atom is -0.465 e. The van der Waals surface area contributed by atoms with Crippen molar-refractivity contribution in [1.29, 1.82) is 0 Å². The van der Waals surface area contributed by atoms with E-state index in [1.165, 1.54) is 18.4 Å². The lowest BCUT2D eigenvalue weighted by molar-refractivity contribution is 0.0599. The third-order valence-corrected chi connectivity index (χ3v) is 5.23. The monoisotopic (exact) mass is 345 g/mol. The molecule has 2 rings (SSSR count). The molecule has 4 heteroatoms. The highest BCUT2D eigenvalue weighted by molar-refractivity contribution is 7.99. The molecule has 0 N–H and O–H groups in total. The number of ether oxygens (including phenoxy) is 1. The number of esters is 1. The van der Waals surface area contributed by atoms with E-state index in [1.54, 1.807) is 0 Å². The van der Waals surface area contributed by atoms with Gasteiger partial charge in [-0.15, -0.1) is 0 Å². The molecule has 1 unspecified atom stereocenters. The van der Waals surface area contributed by atoms with Gasteiger partial charge >= 0.3 is 5.97 Å². The summed E-state index contributed by atoms with van der Waals surface area (Å²) in [7, 11) is 1.45. The zero-order chi connectivity index (χ0) is 17.7. The van der Waals surface area contributed by atoms with Crippen LogP contribution >= 0.6 is 11.8 Å². The minimum absolute atomic E-state index is 0.247. The number of carbonyl (C=O) groups excluding carboxylic acids is 1. The molecular formula is C20H27NO2S. The van der Waals surface area contributed by atoms with Gasteiger partial charge in [-0.3, -0.25) is 0 Å². The molecule has 0 saturated heterocycles. The lowest BCUT2D eigenvalue weighted by Gasteiger charge is -2.18. The van der Waals surface area contributed by atoms with E-state index < -0.39 is 0 Å². The standard InChI is InChI=1S/C20H27NO2S/c1-14(2)19-18(20(22)23-4)12-17(11-15(3)24-5)21(19)13-16-9-7-6-8-10-16/h6-10,12,14-15H,11,13H2,1-5H3. The average Bonchev–Trinajstić information content (AvgIpc) is 2.93. The van der Waals surface area contributed by atoms with Crippen LogP contribution in [0, 0.1) is 0 Å². The maximum atomic E-state index is 12.3. The van der Waals surface area contributed by atoms with Crippen LogP contribution in [-0.4, -0.2) is 29.2 Å². The Morgan fingerprint density at radius 3 is 2.42 bits per heavy atom. The highest BCUT2D eigenvalue weighted by Crippen LogP contribution is 2.28. The molecule has 0 saturated carbocycles. The summed E-state index contributed by atoms with van der Waals surface area (Å²) in [5, 5.41) is 0.500. The first-order valence-corrected chi connectivity index (χ1v) is 9.64. The Balaban J connectivity index is 2.53. The summed E-state index contributed by atoms with van der Waals surface area (Å²) >= 11 is 1.84. The maximum absolute atomic E-state index is 12.3. The molecule has 0 spiro atoms. The molecule has 1 atom stereocenters. The van der Waals surface area contributed by atoms with Crippen molar-refractivity contribution in [1.82, 2.24) is 4.57 Å². The fourth-order valence-electron chi connectivity index (χ4n) is 3.01. The number of thioether (sulfide) groups is 1. The van der Waals surface area contributed by atoms with E-state index in [2.05, 4.69) is 55.9 Å². The Kier molecular flexibility index (Phi) is 6.55. The summed E-state index contributed by atoms with van der Waals surface area (Å²) in [5.41, 5.74) is 4.20. The smallest absolute Gasteiger partial charge is 0.339 e. The second-order valence-corrected chi connectivity index (χ2v) is 7.68. The Labute approximate surface area is 149 Å². The number of aromatic nitrogens is 1. The highest BCUT2D eigenvalue weighted by atomic mass is 32.2. The number of rotatable bonds is 7. The van der Waals surface area contributed by atoms with Gasteiger partial charge in [0.1, 0.15) is 0 Å². The third kappa shape index (κ3) is 4.23. The lowest BCUT2D eigenvalue weighted by Crippen LogP contribution is -2.14. The fourth-order valence-corrected chi connectivity index (χ4v) is 3.35. The second kappa shape index (κ2) is 8.43. The lowest BCUT2D eigenvalue weighted by atomic mass is 10.1. The van der Waals surface area contributed by atoms with Crippen LogP contribution in [0.2, 0.25) is 0 Å². The SMILES string of the molecule is COC(=O)c1cc(CC(C)SC)n(Cc2ccccc2)c1C(C)C. The van der Waals surface area contributed by atoms with Gasteiger partial charge in [-0.05, 0) is 30.2 Å². The number of carbonyl (C=O) groups is 1. The second-order valence-electron chi connectivity index (χ2n) is 6.40. The maximum Gasteiger partial charge on any atom is 0.339 e. The summed E-state index contributed by atoms with van der Waals surface area (Å²) in [6, 6.07) is 12.4. The molecule has 0 aliphatic heterocycles. The Morgan fingerprint density at radius 1 is 1.21 bits per heavy atom. The van der Waals surface area contributed by atoms with Crippen LogP contribution in [0.1, 0.15) is 54.0 Å². The Bertz CT molecular complexity index is 676. The summed E-state index contributed by atoms with van der Waals surface area (Å²) in [6.07, 6.45) is 3.06. The molecule has 1 heterocycles. The van der Waals surface area contributed by atoms with Gasteiger partial charge < -0.3 is 9.30 Å². The molecule has 1 aromatic carbocycles. The van der Waals surface area contributed by atoms with Crippen LogP contribution in [0.4, 0.5) is 0 Å². The quantitative estimate of drug-likeness (QED) is 0.679. The molecule has 24 heavy (non-hydrogen) atoms. The van der Waals surface area contributed by atoms with Crippen molar-refractivity contribution in [3.05, 3.63) is 58.9 Å². The fraction of sp³-hybridized carbons (Fsp3) is 0.450. The van der Waals surface area contributed by atoms with Gasteiger partial charge in [0.25, 0.3) is 0 Å². The van der Waals surface area contributed by atoms with E-state index in [-0.39, 0.29) is 11.9 Å². The first kappa shape index (κ1) is 18.7. The van der Waals surface area contributed by atoms with Crippen LogP contribution < -0.4 is 0 Å². The van der Waals surface area contributed by atoms with Crippen LogP contribution in [0.5, 0.6) is 0 Å². The summed E-state index contributed by atoms with van der Waals surface area (Å²) in [4.78, 5) is 12.3. The van der Waals surface area contributed by atoms with Crippen LogP contribution in [0.15, 0.2) is 36.4 Å². The van der Waals surface area contributed by atoms with Crippen LogP contribution in [0.3, 0.4) is 0 Å². The van der Waals surface area contributed by atoms with Gasteiger partial charge in [-0.2, -0.15) is 11.8 Å². The minimum atomic E-state index is -0.247. The van der Waals surface area contributed by atoms with Crippen molar-refractivity contribution in [3.63, 3.8) is 0 Å². The van der Waals surface area contributed by atoms with E-state index in [9.17, 15) is 4.79 Å². The Morgan fingerprint density at radius 2 is 1.88 bits per heavy atom. The summed E-state index contributed by atoms with van der Waals surface area (Å²) < 4.78 is 7.32. The first-order chi connectivity index (χ1) is 11.5. The summed E-state index contributed by atoms with van der Waals surface area (Å²) in [6.45, 7) is 7.26. The van der Waals surface area contributed by atoms with Gasteiger partial charge in [0.2, 0.25) is 0 Å². The molecule has 3 nitrogen and oxygen atoms in total. The zero-order valence-corrected chi connectivity index (χ0v) is 16.0. The van der Waals surface area contributed by atoms with Crippen molar-refractivity contribution in [2.45, 2.75) is 44.9 Å². The number of methoxy groups -OCH3 is 1. The predicted molar refractivity (Wildman–Crippen MR) is 102 cm³/mol. The van der Waals surface area contributed by atoms with Gasteiger partial charge in [0.05, 0.1) is 12.7 Å². The van der Waals surface area contributed by atoms with E-state index in [0.717, 1.165) is 18.7 Å². The third-order valence-electron chi connectivity index (χ3n) is 4.26. The topological polar surface area (TPSA) is 31.2 Å².